The number of hydrogen-bond acceptors (Lipinski definition) is 4. The number of aromatic hydroxyl groups is 2. The van der Waals surface area contributed by atoms with Gasteiger partial charge in [0.05, 0.1) is 0 Å². The van der Waals surface area contributed by atoms with Crippen LogP contribution in [-0.4, -0.2) is 71.3 Å². The van der Waals surface area contributed by atoms with E-state index in [-0.39, 0.29) is 2.85 Å². The van der Waals surface area contributed by atoms with E-state index in [1.807, 2.05) is 36.7 Å². The smallest absolute Gasteiger partial charge is 0.125 e. The number of phenolic OH excluding ortho intramolecular Hbond substituents is 2. The maximum atomic E-state index is 9.77. The molecule has 0 saturated carbocycles. The van der Waals surface area contributed by atoms with Crippen molar-refractivity contribution < 1.29 is 13.1 Å². The van der Waals surface area contributed by atoms with E-state index in [4.69, 9.17) is 0 Å². The van der Waals surface area contributed by atoms with Crippen molar-refractivity contribution in [1.82, 2.24) is 19.8 Å². The Balaban J connectivity index is 0.000000301. The van der Waals surface area contributed by atoms with Gasteiger partial charge in [-0.2, -0.15) is 0 Å². The third-order valence-corrected chi connectivity index (χ3v) is 5.19. The molecular weight excluding hydrogens is 376 g/mol. The standard InChI is InChI=1S/2C12H16N2O.2H2/c2*1-14(2)7-6-9-8-13-10-4-3-5-11(15)12(9)10;;/h2*3-5,8,13,15H,6-7H2,1-2H3;2*1H. The van der Waals surface area contributed by atoms with Crippen LogP contribution in [0.4, 0.5) is 0 Å². The molecule has 0 atom stereocenters. The van der Waals surface area contributed by atoms with Crippen molar-refractivity contribution in [3.8, 4) is 11.5 Å². The summed E-state index contributed by atoms with van der Waals surface area (Å²) in [7, 11) is 8.20. The number of phenols is 2. The van der Waals surface area contributed by atoms with Gasteiger partial charge >= 0.3 is 0 Å². The number of nitrogens with one attached hydrogen (secondary N) is 2. The van der Waals surface area contributed by atoms with Gasteiger partial charge in [-0.25, -0.2) is 0 Å². The first-order chi connectivity index (χ1) is 14.4. The molecule has 6 heteroatoms. The van der Waals surface area contributed by atoms with Gasteiger partial charge in [0.15, 0.2) is 0 Å². The fraction of sp³-hybridized carbons (Fsp3) is 0.333. The highest BCUT2D eigenvalue weighted by Gasteiger charge is 2.08. The third kappa shape index (κ3) is 5.14. The van der Waals surface area contributed by atoms with Gasteiger partial charge in [0.25, 0.3) is 0 Å². The van der Waals surface area contributed by atoms with Crippen LogP contribution in [0.1, 0.15) is 14.0 Å². The zero-order chi connectivity index (χ0) is 21.7. The van der Waals surface area contributed by atoms with Crippen molar-refractivity contribution >= 4 is 21.8 Å². The van der Waals surface area contributed by atoms with Crippen LogP contribution in [0.25, 0.3) is 21.8 Å². The molecule has 0 bridgehead atoms. The molecular formula is C24H36N4O2. The number of nitrogens with zero attached hydrogens (tertiary/aromatic N) is 2. The van der Waals surface area contributed by atoms with Gasteiger partial charge in [0.2, 0.25) is 0 Å². The van der Waals surface area contributed by atoms with E-state index >= 15 is 0 Å². The number of aromatic nitrogens is 2. The number of benzene rings is 2. The van der Waals surface area contributed by atoms with Crippen LogP contribution >= 0.6 is 0 Å². The van der Waals surface area contributed by atoms with Crippen LogP contribution < -0.4 is 0 Å². The summed E-state index contributed by atoms with van der Waals surface area (Å²) < 4.78 is 0. The second-order valence-corrected chi connectivity index (χ2v) is 8.13. The Bertz CT molecular complexity index is 1020. The lowest BCUT2D eigenvalue weighted by Gasteiger charge is -2.08. The molecule has 4 N–H and O–H groups in total. The summed E-state index contributed by atoms with van der Waals surface area (Å²) in [5.74, 6) is 0.727. The van der Waals surface area contributed by atoms with Crippen LogP contribution in [0.3, 0.4) is 0 Å². The molecule has 6 nitrogen and oxygen atoms in total. The van der Waals surface area contributed by atoms with Gasteiger partial charge in [-0.05, 0) is 76.4 Å². The average molecular weight is 413 g/mol. The van der Waals surface area contributed by atoms with Crippen LogP contribution in [0.2, 0.25) is 0 Å². The van der Waals surface area contributed by atoms with E-state index in [9.17, 15) is 10.2 Å². The van der Waals surface area contributed by atoms with E-state index < -0.39 is 0 Å². The minimum atomic E-state index is 0. The van der Waals surface area contributed by atoms with Crippen molar-refractivity contribution in [2.45, 2.75) is 12.8 Å². The first-order valence-corrected chi connectivity index (χ1v) is 10.2. The fourth-order valence-corrected chi connectivity index (χ4v) is 3.55. The zero-order valence-corrected chi connectivity index (χ0v) is 18.2. The largest absolute Gasteiger partial charge is 0.507 e. The van der Waals surface area contributed by atoms with Gasteiger partial charge in [-0.3, -0.25) is 0 Å². The lowest BCUT2D eigenvalue weighted by Crippen LogP contribution is -2.14. The van der Waals surface area contributed by atoms with Crippen LogP contribution in [0.15, 0.2) is 48.8 Å². The molecule has 0 spiro atoms. The molecule has 0 unspecified atom stereocenters. The second-order valence-electron chi connectivity index (χ2n) is 8.13. The molecule has 0 saturated heterocycles. The molecule has 0 fully saturated rings. The first kappa shape index (κ1) is 21.7. The Hall–Kier alpha value is -2.96. The minimum Gasteiger partial charge on any atom is -0.507 e. The third-order valence-electron chi connectivity index (χ3n) is 5.19. The molecule has 0 amide bonds. The minimum absolute atomic E-state index is 0. The van der Waals surface area contributed by atoms with Crippen molar-refractivity contribution in [2.75, 3.05) is 41.3 Å². The Labute approximate surface area is 180 Å². The van der Waals surface area contributed by atoms with Gasteiger partial charge < -0.3 is 30.0 Å². The number of aromatic amines is 2. The van der Waals surface area contributed by atoms with E-state index in [0.717, 1.165) is 47.7 Å². The van der Waals surface area contributed by atoms with Crippen molar-refractivity contribution in [3.63, 3.8) is 0 Å². The molecule has 4 aromatic rings. The summed E-state index contributed by atoms with van der Waals surface area (Å²) in [5, 5.41) is 21.5. The van der Waals surface area contributed by atoms with Crippen LogP contribution in [0.5, 0.6) is 11.5 Å². The van der Waals surface area contributed by atoms with E-state index in [2.05, 4.69) is 48.0 Å². The summed E-state index contributed by atoms with van der Waals surface area (Å²) in [6, 6.07) is 11.1. The Kier molecular flexibility index (Phi) is 7.03. The predicted octanol–water partition coefficient (Wildman–Crippen LogP) is 4.45. The highest BCUT2D eigenvalue weighted by atomic mass is 16.3. The van der Waals surface area contributed by atoms with Gasteiger partial charge in [-0.15, -0.1) is 0 Å². The summed E-state index contributed by atoms with van der Waals surface area (Å²) in [6.07, 6.45) is 5.86. The second kappa shape index (κ2) is 9.69. The summed E-state index contributed by atoms with van der Waals surface area (Å²) in [5.41, 5.74) is 4.36. The van der Waals surface area contributed by atoms with Gasteiger partial charge in [0, 0.05) is 50.1 Å². The Morgan fingerprint density at radius 2 is 1.10 bits per heavy atom. The lowest BCUT2D eigenvalue weighted by molar-refractivity contribution is 0.414. The number of fused-ring (bicyclic) bond motifs is 2. The van der Waals surface area contributed by atoms with Crippen molar-refractivity contribution in [1.29, 1.82) is 0 Å². The SMILES string of the molecule is CN(C)CCc1c[nH]c2cccc(O)c12.CN(C)CCc1c[nH]c2cccc(O)c12.[HH].[HH]. The summed E-state index contributed by atoms with van der Waals surface area (Å²) >= 11 is 0. The van der Waals surface area contributed by atoms with Crippen LogP contribution in [-0.2, 0) is 12.8 Å². The molecule has 2 heterocycles. The number of hydrogen-bond donors (Lipinski definition) is 4. The zero-order valence-electron chi connectivity index (χ0n) is 18.2. The molecule has 4 rings (SSSR count). The normalized spacial score (nSPS) is 11.4. The highest BCUT2D eigenvalue weighted by molar-refractivity contribution is 5.89. The number of likely N-dealkylation sites (N-methyl/N-ethyl adjacent to an activating group) is 2. The summed E-state index contributed by atoms with van der Waals surface area (Å²) in [6.45, 7) is 1.97. The maximum absolute atomic E-state index is 9.77. The quantitative estimate of drug-likeness (QED) is 0.377. The molecule has 0 aliphatic rings. The Morgan fingerprint density at radius 1 is 0.700 bits per heavy atom. The van der Waals surface area contributed by atoms with E-state index in [0.29, 0.717) is 11.5 Å². The fourth-order valence-electron chi connectivity index (χ4n) is 3.55. The molecule has 0 aliphatic carbocycles. The van der Waals surface area contributed by atoms with Crippen LogP contribution in [0, 0.1) is 0 Å². The number of rotatable bonds is 6. The summed E-state index contributed by atoms with van der Waals surface area (Å²) in [4.78, 5) is 10.6. The van der Waals surface area contributed by atoms with Gasteiger partial charge in [-0.1, -0.05) is 12.1 Å². The predicted molar refractivity (Wildman–Crippen MR) is 129 cm³/mol. The van der Waals surface area contributed by atoms with Crippen molar-refractivity contribution in [3.05, 3.63) is 59.9 Å². The molecule has 164 valence electrons. The van der Waals surface area contributed by atoms with E-state index in [1.54, 1.807) is 12.1 Å². The monoisotopic (exact) mass is 412 g/mol. The highest BCUT2D eigenvalue weighted by Crippen LogP contribution is 2.28. The van der Waals surface area contributed by atoms with E-state index in [1.165, 1.54) is 11.1 Å². The topological polar surface area (TPSA) is 78.5 Å². The van der Waals surface area contributed by atoms with Crippen molar-refractivity contribution in [2.24, 2.45) is 0 Å². The molecule has 30 heavy (non-hydrogen) atoms. The Morgan fingerprint density at radius 3 is 1.47 bits per heavy atom. The molecule has 2 aromatic heterocycles. The average Bonchev–Trinajstić information content (AvgIpc) is 3.31. The molecule has 2 aromatic carbocycles. The number of H-pyrrole nitrogens is 2. The maximum Gasteiger partial charge on any atom is 0.125 e. The first-order valence-electron chi connectivity index (χ1n) is 10.2. The van der Waals surface area contributed by atoms with Gasteiger partial charge in [0.1, 0.15) is 11.5 Å². The molecule has 0 aliphatic heterocycles. The molecule has 0 radical (unpaired) electrons. The lowest BCUT2D eigenvalue weighted by atomic mass is 10.1.